The summed E-state index contributed by atoms with van der Waals surface area (Å²) >= 11 is 0. The van der Waals surface area contributed by atoms with Gasteiger partial charge < -0.3 is 10.5 Å². The molecule has 3 atom stereocenters. The van der Waals surface area contributed by atoms with Crippen LogP contribution in [0.25, 0.3) is 0 Å². The van der Waals surface area contributed by atoms with Gasteiger partial charge in [0, 0.05) is 25.2 Å². The highest BCUT2D eigenvalue weighted by atomic mass is 16.5. The molecule has 1 aliphatic rings. The highest BCUT2D eigenvalue weighted by Gasteiger charge is 2.31. The van der Waals surface area contributed by atoms with Gasteiger partial charge in [-0.15, -0.1) is 0 Å². The predicted molar refractivity (Wildman–Crippen MR) is 79.3 cm³/mol. The fourth-order valence-corrected chi connectivity index (χ4v) is 3.06. The maximum absolute atomic E-state index is 6.08. The van der Waals surface area contributed by atoms with Gasteiger partial charge in [0.2, 0.25) is 0 Å². The van der Waals surface area contributed by atoms with Crippen LogP contribution >= 0.6 is 0 Å². The Hall–Kier alpha value is -0.900. The zero-order valence-electron chi connectivity index (χ0n) is 12.1. The lowest BCUT2D eigenvalue weighted by Crippen LogP contribution is -2.54. The number of hydrogen-bond acceptors (Lipinski definition) is 3. The third-order valence-electron chi connectivity index (χ3n) is 4.31. The molecule has 19 heavy (non-hydrogen) atoms. The van der Waals surface area contributed by atoms with Gasteiger partial charge in [-0.1, -0.05) is 44.2 Å². The summed E-state index contributed by atoms with van der Waals surface area (Å²) in [6, 6.07) is 11.6. The van der Waals surface area contributed by atoms with Gasteiger partial charge in [0.25, 0.3) is 0 Å². The fraction of sp³-hybridized carbons (Fsp3) is 0.625. The van der Waals surface area contributed by atoms with Gasteiger partial charge >= 0.3 is 0 Å². The summed E-state index contributed by atoms with van der Waals surface area (Å²) in [5.74, 6) is 0.457. The van der Waals surface area contributed by atoms with Crippen LogP contribution < -0.4 is 5.73 Å². The third kappa shape index (κ3) is 3.35. The van der Waals surface area contributed by atoms with E-state index in [-0.39, 0.29) is 0 Å². The van der Waals surface area contributed by atoms with Gasteiger partial charge in [-0.25, -0.2) is 0 Å². The average Bonchev–Trinajstić information content (AvgIpc) is 2.49. The molecule has 3 nitrogen and oxygen atoms in total. The van der Waals surface area contributed by atoms with Crippen LogP contribution in [0, 0.1) is 0 Å². The monoisotopic (exact) mass is 262 g/mol. The van der Waals surface area contributed by atoms with Gasteiger partial charge in [-0.3, -0.25) is 4.90 Å². The second-order valence-corrected chi connectivity index (χ2v) is 5.38. The minimum atomic E-state index is 0.399. The first-order valence-corrected chi connectivity index (χ1v) is 7.36. The van der Waals surface area contributed by atoms with Gasteiger partial charge in [0.05, 0.1) is 13.2 Å². The number of nitrogens with two attached hydrogens (primary N) is 1. The Morgan fingerprint density at radius 2 is 2.11 bits per heavy atom. The summed E-state index contributed by atoms with van der Waals surface area (Å²) < 4.78 is 5.60. The Morgan fingerprint density at radius 3 is 2.74 bits per heavy atom. The maximum Gasteiger partial charge on any atom is 0.0622 e. The van der Waals surface area contributed by atoms with Crippen molar-refractivity contribution >= 4 is 0 Å². The molecule has 0 bridgehead atoms. The molecule has 0 spiro atoms. The summed E-state index contributed by atoms with van der Waals surface area (Å²) in [4.78, 5) is 2.56. The number of ether oxygens (including phenoxy) is 1. The lowest BCUT2D eigenvalue weighted by Gasteiger charge is -2.43. The second-order valence-electron chi connectivity index (χ2n) is 5.38. The van der Waals surface area contributed by atoms with Crippen molar-refractivity contribution in [3.05, 3.63) is 35.9 Å². The molecule has 1 fully saturated rings. The first-order chi connectivity index (χ1) is 9.27. The largest absolute Gasteiger partial charge is 0.378 e. The van der Waals surface area contributed by atoms with Crippen LogP contribution in [0.5, 0.6) is 0 Å². The Morgan fingerprint density at radius 1 is 1.37 bits per heavy atom. The quantitative estimate of drug-likeness (QED) is 0.884. The van der Waals surface area contributed by atoms with Crippen LogP contribution in [0.4, 0.5) is 0 Å². The SMILES string of the molecule is CCC1COCCN1C(CN)C(C)c1ccccc1. The average molecular weight is 262 g/mol. The summed E-state index contributed by atoms with van der Waals surface area (Å²) in [5, 5.41) is 0. The molecule has 2 N–H and O–H groups in total. The smallest absolute Gasteiger partial charge is 0.0622 e. The van der Waals surface area contributed by atoms with Gasteiger partial charge in [0.15, 0.2) is 0 Å². The fourth-order valence-electron chi connectivity index (χ4n) is 3.06. The number of nitrogens with zero attached hydrogens (tertiary/aromatic N) is 1. The van der Waals surface area contributed by atoms with Crippen molar-refractivity contribution < 1.29 is 4.74 Å². The standard InChI is InChI=1S/C16H26N2O/c1-3-15-12-19-10-9-18(15)16(11-17)13(2)14-7-5-4-6-8-14/h4-8,13,15-16H,3,9-12,17H2,1-2H3. The number of hydrogen-bond donors (Lipinski definition) is 1. The van der Waals surface area contributed by atoms with Gasteiger partial charge in [-0.2, -0.15) is 0 Å². The van der Waals surface area contributed by atoms with Crippen molar-refractivity contribution in [3.63, 3.8) is 0 Å². The van der Waals surface area contributed by atoms with E-state index in [9.17, 15) is 0 Å². The third-order valence-corrected chi connectivity index (χ3v) is 4.31. The first-order valence-electron chi connectivity index (χ1n) is 7.36. The topological polar surface area (TPSA) is 38.5 Å². The predicted octanol–water partition coefficient (Wildman–Crippen LogP) is 2.23. The Labute approximate surface area is 116 Å². The summed E-state index contributed by atoms with van der Waals surface area (Å²) in [6.45, 7) is 7.88. The van der Waals surface area contributed by atoms with Crippen molar-refractivity contribution in [1.29, 1.82) is 0 Å². The van der Waals surface area contributed by atoms with Crippen LogP contribution in [0.1, 0.15) is 31.7 Å². The summed E-state index contributed by atoms with van der Waals surface area (Å²) in [6.07, 6.45) is 1.12. The van der Waals surface area contributed by atoms with E-state index in [1.165, 1.54) is 5.56 Å². The Bertz CT molecular complexity index is 368. The highest BCUT2D eigenvalue weighted by molar-refractivity contribution is 5.21. The molecule has 0 aromatic heterocycles. The van der Waals surface area contributed by atoms with Crippen molar-refractivity contribution in [2.45, 2.75) is 38.3 Å². The minimum absolute atomic E-state index is 0.399. The van der Waals surface area contributed by atoms with Crippen molar-refractivity contribution in [2.24, 2.45) is 5.73 Å². The molecule has 0 saturated carbocycles. The van der Waals surface area contributed by atoms with Crippen molar-refractivity contribution in [2.75, 3.05) is 26.3 Å². The van der Waals surface area contributed by atoms with Gasteiger partial charge in [-0.05, 0) is 17.9 Å². The summed E-state index contributed by atoms with van der Waals surface area (Å²) in [5.41, 5.74) is 7.45. The lowest BCUT2D eigenvalue weighted by molar-refractivity contribution is -0.0326. The molecule has 3 unspecified atom stereocenters. The number of rotatable bonds is 5. The highest BCUT2D eigenvalue weighted by Crippen LogP contribution is 2.26. The van der Waals surface area contributed by atoms with E-state index in [2.05, 4.69) is 49.1 Å². The van der Waals surface area contributed by atoms with E-state index >= 15 is 0 Å². The van der Waals surface area contributed by atoms with E-state index in [0.717, 1.165) is 26.2 Å². The molecular weight excluding hydrogens is 236 g/mol. The second kappa shape index (κ2) is 7.04. The molecule has 106 valence electrons. The molecule has 1 saturated heterocycles. The van der Waals surface area contributed by atoms with Crippen LogP contribution in [0.3, 0.4) is 0 Å². The molecular formula is C16H26N2O. The number of benzene rings is 1. The molecule has 0 amide bonds. The van der Waals surface area contributed by atoms with E-state index in [1.54, 1.807) is 0 Å². The van der Waals surface area contributed by atoms with Crippen molar-refractivity contribution in [1.82, 2.24) is 4.90 Å². The summed E-state index contributed by atoms with van der Waals surface area (Å²) in [7, 11) is 0. The normalized spacial score (nSPS) is 24.1. The van der Waals surface area contributed by atoms with Crippen LogP contribution in [-0.4, -0.2) is 43.3 Å². The maximum atomic E-state index is 6.08. The van der Waals surface area contributed by atoms with Crippen molar-refractivity contribution in [3.8, 4) is 0 Å². The Kier molecular flexibility index (Phi) is 5.37. The van der Waals surface area contributed by atoms with E-state index in [0.29, 0.717) is 24.5 Å². The van der Waals surface area contributed by atoms with Crippen LogP contribution in [0.2, 0.25) is 0 Å². The molecule has 2 rings (SSSR count). The molecule has 1 aromatic rings. The molecule has 0 radical (unpaired) electrons. The van der Waals surface area contributed by atoms with Gasteiger partial charge in [0.1, 0.15) is 0 Å². The lowest BCUT2D eigenvalue weighted by atomic mass is 9.90. The zero-order chi connectivity index (χ0) is 13.7. The van der Waals surface area contributed by atoms with E-state index < -0.39 is 0 Å². The minimum Gasteiger partial charge on any atom is -0.378 e. The molecule has 1 aromatic carbocycles. The first kappa shape index (κ1) is 14.5. The molecule has 1 aliphatic heterocycles. The zero-order valence-corrected chi connectivity index (χ0v) is 12.1. The molecule has 3 heteroatoms. The Balaban J connectivity index is 2.14. The van der Waals surface area contributed by atoms with Crippen LogP contribution in [0.15, 0.2) is 30.3 Å². The number of morpholine rings is 1. The molecule has 0 aliphatic carbocycles. The van der Waals surface area contributed by atoms with Crippen LogP contribution in [-0.2, 0) is 4.74 Å². The van der Waals surface area contributed by atoms with E-state index in [4.69, 9.17) is 10.5 Å². The van der Waals surface area contributed by atoms with E-state index in [1.807, 2.05) is 0 Å². The molecule has 1 heterocycles.